The van der Waals surface area contributed by atoms with Gasteiger partial charge < -0.3 is 4.74 Å². The van der Waals surface area contributed by atoms with Gasteiger partial charge in [0, 0.05) is 0 Å². The molecule has 0 aliphatic carbocycles. The lowest BCUT2D eigenvalue weighted by molar-refractivity contribution is 0.304. The van der Waals surface area contributed by atoms with Crippen molar-refractivity contribution >= 4 is 38.4 Å². The number of hydrogen-bond acceptors (Lipinski definition) is 2. The fourth-order valence-corrected chi connectivity index (χ4v) is 3.68. The van der Waals surface area contributed by atoms with E-state index in [1.165, 1.54) is 12.1 Å². The Labute approximate surface area is 183 Å². The lowest BCUT2D eigenvalue weighted by Crippen LogP contribution is -1.96. The van der Waals surface area contributed by atoms with E-state index in [4.69, 9.17) is 4.74 Å². The zero-order valence-corrected chi connectivity index (χ0v) is 17.6. The van der Waals surface area contributed by atoms with Crippen molar-refractivity contribution < 1.29 is 9.13 Å². The average molecular weight is 458 g/mol. The predicted octanol–water partition coefficient (Wildman–Crippen LogP) is 7.38. The maximum absolute atomic E-state index is 13.0. The van der Waals surface area contributed by atoms with Gasteiger partial charge >= 0.3 is 0 Å². The third-order valence-electron chi connectivity index (χ3n) is 4.76. The van der Waals surface area contributed by atoms with E-state index in [-0.39, 0.29) is 5.82 Å². The lowest BCUT2D eigenvalue weighted by atomic mass is 10.0. The van der Waals surface area contributed by atoms with E-state index in [1.54, 1.807) is 12.1 Å². The molecule has 0 aliphatic rings. The Kier molecular flexibility index (Phi) is 5.92. The highest BCUT2D eigenvalue weighted by Crippen LogP contribution is 2.29. The summed E-state index contributed by atoms with van der Waals surface area (Å²) in [6.45, 7) is 0.342. The molecule has 4 rings (SSSR count). The third-order valence-corrected chi connectivity index (χ3v) is 5.38. The maximum Gasteiger partial charge on any atom is 0.134 e. The van der Waals surface area contributed by atoms with Crippen molar-refractivity contribution in [2.75, 3.05) is 0 Å². The van der Waals surface area contributed by atoms with Gasteiger partial charge in [0.2, 0.25) is 0 Å². The van der Waals surface area contributed by atoms with Gasteiger partial charge in [-0.25, -0.2) is 4.39 Å². The molecular weight excluding hydrogens is 441 g/mol. The van der Waals surface area contributed by atoms with Gasteiger partial charge in [0.15, 0.2) is 0 Å². The van der Waals surface area contributed by atoms with Crippen LogP contribution >= 0.6 is 15.9 Å². The molecule has 0 saturated carbocycles. The van der Waals surface area contributed by atoms with Gasteiger partial charge in [-0.15, -0.1) is 0 Å². The lowest BCUT2D eigenvalue weighted by Gasteiger charge is -2.09. The van der Waals surface area contributed by atoms with Crippen LogP contribution in [0.5, 0.6) is 5.75 Å². The van der Waals surface area contributed by atoms with E-state index in [0.29, 0.717) is 17.9 Å². The molecule has 0 heterocycles. The monoisotopic (exact) mass is 457 g/mol. The highest BCUT2D eigenvalue weighted by molar-refractivity contribution is 9.10. The van der Waals surface area contributed by atoms with Crippen LogP contribution in [-0.4, -0.2) is 0 Å². The molecule has 0 saturated heterocycles. The summed E-state index contributed by atoms with van der Waals surface area (Å²) in [5, 5.41) is 11.9. The summed E-state index contributed by atoms with van der Waals surface area (Å²) in [6, 6.07) is 28.3. The van der Waals surface area contributed by atoms with Gasteiger partial charge in [0.25, 0.3) is 0 Å². The van der Waals surface area contributed by atoms with Crippen LogP contribution in [-0.2, 0) is 6.61 Å². The van der Waals surface area contributed by atoms with Crippen LogP contribution in [0.15, 0.2) is 89.4 Å². The van der Waals surface area contributed by atoms with Crippen LogP contribution in [0, 0.1) is 17.1 Å². The molecule has 0 N–H and O–H groups in total. The Morgan fingerprint density at radius 2 is 1.70 bits per heavy atom. The zero-order chi connectivity index (χ0) is 20.9. The van der Waals surface area contributed by atoms with E-state index in [0.717, 1.165) is 31.9 Å². The number of allylic oxidation sites excluding steroid dienone is 1. The van der Waals surface area contributed by atoms with E-state index in [1.807, 2.05) is 60.7 Å². The average Bonchev–Trinajstić information content (AvgIpc) is 2.77. The minimum Gasteiger partial charge on any atom is -0.488 e. The number of nitrogens with zero attached hydrogens (tertiary/aromatic N) is 1. The quantitative estimate of drug-likeness (QED) is 0.231. The van der Waals surface area contributed by atoms with Gasteiger partial charge in [0.1, 0.15) is 18.2 Å². The first-order chi connectivity index (χ1) is 14.6. The summed E-state index contributed by atoms with van der Waals surface area (Å²) in [5.41, 5.74) is 3.24. The van der Waals surface area contributed by atoms with Gasteiger partial charge in [-0.2, -0.15) is 5.26 Å². The normalized spacial score (nSPS) is 11.3. The smallest absolute Gasteiger partial charge is 0.134 e. The summed E-state index contributed by atoms with van der Waals surface area (Å²) < 4.78 is 19.6. The number of hydrogen-bond donors (Lipinski definition) is 0. The highest BCUT2D eigenvalue weighted by Gasteiger charge is 2.06. The SMILES string of the molecule is N#C/C(=C/c1ccc(OCc2ccc(F)cc2)c(Br)c1)c1ccc2ccccc2c1. The molecule has 0 unspecified atom stereocenters. The van der Waals surface area contributed by atoms with Crippen LogP contribution in [0.3, 0.4) is 0 Å². The fourth-order valence-electron chi connectivity index (χ4n) is 3.17. The molecule has 0 atom stereocenters. The van der Waals surface area contributed by atoms with E-state index in [9.17, 15) is 9.65 Å². The van der Waals surface area contributed by atoms with Gasteiger partial charge in [-0.3, -0.25) is 0 Å². The number of fused-ring (bicyclic) bond motifs is 1. The van der Waals surface area contributed by atoms with Crippen molar-refractivity contribution in [3.63, 3.8) is 0 Å². The Morgan fingerprint density at radius 3 is 2.43 bits per heavy atom. The van der Waals surface area contributed by atoms with Crippen LogP contribution in [0.4, 0.5) is 4.39 Å². The minimum absolute atomic E-state index is 0.268. The molecule has 4 aromatic rings. The van der Waals surface area contributed by atoms with Crippen LogP contribution < -0.4 is 4.74 Å². The van der Waals surface area contributed by atoms with E-state index < -0.39 is 0 Å². The zero-order valence-electron chi connectivity index (χ0n) is 16.0. The van der Waals surface area contributed by atoms with E-state index >= 15 is 0 Å². The summed E-state index contributed by atoms with van der Waals surface area (Å²) in [5.74, 6) is 0.413. The van der Waals surface area contributed by atoms with Crippen molar-refractivity contribution in [1.82, 2.24) is 0 Å². The summed E-state index contributed by atoms with van der Waals surface area (Å²) in [7, 11) is 0. The molecule has 0 bridgehead atoms. The van der Waals surface area contributed by atoms with Gasteiger partial charge in [0.05, 0.1) is 16.1 Å². The van der Waals surface area contributed by atoms with Crippen LogP contribution in [0.1, 0.15) is 16.7 Å². The van der Waals surface area contributed by atoms with Crippen molar-refractivity contribution in [3.05, 3.63) is 112 Å². The minimum atomic E-state index is -0.268. The highest BCUT2D eigenvalue weighted by atomic mass is 79.9. The molecule has 4 heteroatoms. The van der Waals surface area contributed by atoms with Crippen molar-refractivity contribution in [2.45, 2.75) is 6.61 Å². The third kappa shape index (κ3) is 4.59. The standard InChI is InChI=1S/C26H17BrFNO/c27-25-14-19(7-12-26(25)30-17-18-5-10-24(28)11-6-18)13-23(16-29)22-9-8-20-3-1-2-4-21(20)15-22/h1-15H,17H2/b23-13-. The first-order valence-electron chi connectivity index (χ1n) is 9.40. The number of benzene rings is 4. The molecule has 2 nitrogen and oxygen atoms in total. The molecular formula is C26H17BrFNO. The van der Waals surface area contributed by atoms with Crippen molar-refractivity contribution in [3.8, 4) is 11.8 Å². The second kappa shape index (κ2) is 8.94. The second-order valence-corrected chi connectivity index (χ2v) is 7.69. The first kappa shape index (κ1) is 19.9. The van der Waals surface area contributed by atoms with Crippen molar-refractivity contribution in [2.24, 2.45) is 0 Å². The molecule has 0 aliphatic heterocycles. The molecule has 30 heavy (non-hydrogen) atoms. The van der Waals surface area contributed by atoms with Crippen LogP contribution in [0.2, 0.25) is 0 Å². The topological polar surface area (TPSA) is 33.0 Å². The molecule has 0 aromatic heterocycles. The molecule has 0 fully saturated rings. The summed E-state index contributed by atoms with van der Waals surface area (Å²) in [4.78, 5) is 0. The number of ether oxygens (including phenoxy) is 1. The molecule has 146 valence electrons. The number of halogens is 2. The Morgan fingerprint density at radius 1 is 0.933 bits per heavy atom. The fraction of sp³-hybridized carbons (Fsp3) is 0.0385. The largest absolute Gasteiger partial charge is 0.488 e. The van der Waals surface area contributed by atoms with Gasteiger partial charge in [-0.1, -0.05) is 54.6 Å². The molecule has 4 aromatic carbocycles. The summed E-state index contributed by atoms with van der Waals surface area (Å²) in [6.07, 6.45) is 1.86. The number of nitriles is 1. The molecule has 0 spiro atoms. The second-order valence-electron chi connectivity index (χ2n) is 6.84. The first-order valence-corrected chi connectivity index (χ1v) is 10.2. The molecule has 0 radical (unpaired) electrons. The van der Waals surface area contributed by atoms with Gasteiger partial charge in [-0.05, 0) is 79.8 Å². The number of rotatable bonds is 5. The van der Waals surface area contributed by atoms with Crippen molar-refractivity contribution in [1.29, 1.82) is 5.26 Å². The molecule has 0 amide bonds. The Hall–Kier alpha value is -3.42. The Balaban J connectivity index is 1.55. The van der Waals surface area contributed by atoms with Crippen LogP contribution in [0.25, 0.3) is 22.4 Å². The predicted molar refractivity (Wildman–Crippen MR) is 122 cm³/mol. The van der Waals surface area contributed by atoms with E-state index in [2.05, 4.69) is 28.1 Å². The summed E-state index contributed by atoms with van der Waals surface area (Å²) >= 11 is 3.54. The maximum atomic E-state index is 13.0. The Bertz CT molecular complexity index is 1270.